The molecule has 6 nitrogen and oxygen atoms in total. The summed E-state index contributed by atoms with van der Waals surface area (Å²) < 4.78 is 24.0. The highest BCUT2D eigenvalue weighted by Gasteiger charge is 2.20. The molecule has 8 heteroatoms. The van der Waals surface area contributed by atoms with Crippen molar-refractivity contribution in [3.05, 3.63) is 70.8 Å². The lowest BCUT2D eigenvalue weighted by atomic mass is 10.2. The van der Waals surface area contributed by atoms with Gasteiger partial charge < -0.3 is 14.5 Å². The largest absolute Gasteiger partial charge is 0.451 e. The molecule has 0 aliphatic rings. The number of hydrogen-bond donors (Lipinski definition) is 1. The molecule has 138 valence electrons. The summed E-state index contributed by atoms with van der Waals surface area (Å²) in [7, 11) is 0. The number of carbonyl (C=O) groups excluding carboxylic acids is 2. The molecule has 1 aromatic heterocycles. The molecule has 0 aliphatic carbocycles. The van der Waals surface area contributed by atoms with Gasteiger partial charge in [-0.15, -0.1) is 0 Å². The number of aromatic nitrogens is 1. The molecule has 1 N–H and O–H groups in total. The number of esters is 1. The predicted molar refractivity (Wildman–Crippen MR) is 97.0 cm³/mol. The number of anilines is 1. The fourth-order valence-electron chi connectivity index (χ4n) is 2.27. The third-order valence-electron chi connectivity index (χ3n) is 3.55. The van der Waals surface area contributed by atoms with Crippen LogP contribution >= 0.6 is 11.6 Å². The van der Waals surface area contributed by atoms with E-state index in [1.54, 1.807) is 19.1 Å². The smallest absolute Gasteiger partial charge is 0.361 e. The highest BCUT2D eigenvalue weighted by Crippen LogP contribution is 2.22. The lowest BCUT2D eigenvalue weighted by Gasteiger charge is -2.07. The van der Waals surface area contributed by atoms with Gasteiger partial charge in [0.2, 0.25) is 5.89 Å². The maximum Gasteiger partial charge on any atom is 0.361 e. The van der Waals surface area contributed by atoms with Gasteiger partial charge in [-0.2, -0.15) is 0 Å². The molecule has 3 rings (SSSR count). The summed E-state index contributed by atoms with van der Waals surface area (Å²) in [6.45, 7) is 0.954. The lowest BCUT2D eigenvalue weighted by Crippen LogP contribution is -2.21. The van der Waals surface area contributed by atoms with Crippen molar-refractivity contribution in [3.63, 3.8) is 0 Å². The van der Waals surface area contributed by atoms with Crippen molar-refractivity contribution in [2.24, 2.45) is 0 Å². The molecule has 0 spiro atoms. The van der Waals surface area contributed by atoms with Gasteiger partial charge in [0.25, 0.3) is 5.91 Å². The molecule has 0 bridgehead atoms. The Hall–Kier alpha value is -3.19. The van der Waals surface area contributed by atoms with Crippen LogP contribution in [0.4, 0.5) is 10.1 Å². The van der Waals surface area contributed by atoms with Gasteiger partial charge in [0.1, 0.15) is 11.6 Å². The summed E-state index contributed by atoms with van der Waals surface area (Å²) in [6, 6.07) is 12.8. The van der Waals surface area contributed by atoms with Crippen molar-refractivity contribution in [3.8, 4) is 11.5 Å². The van der Waals surface area contributed by atoms with Crippen LogP contribution in [0.2, 0.25) is 5.02 Å². The molecule has 1 heterocycles. The Kier molecular flexibility index (Phi) is 5.52. The van der Waals surface area contributed by atoms with E-state index in [-0.39, 0.29) is 28.1 Å². The number of ether oxygens (including phenoxy) is 1. The van der Waals surface area contributed by atoms with Gasteiger partial charge in [-0.05, 0) is 37.3 Å². The maximum atomic E-state index is 13.6. The quantitative estimate of drug-likeness (QED) is 0.661. The third-order valence-corrected chi connectivity index (χ3v) is 3.78. The predicted octanol–water partition coefficient (Wildman–Crippen LogP) is 4.24. The van der Waals surface area contributed by atoms with Crippen LogP contribution in [-0.2, 0) is 9.53 Å². The highest BCUT2D eigenvalue weighted by atomic mass is 35.5. The minimum absolute atomic E-state index is 0.0319. The van der Waals surface area contributed by atoms with Crippen molar-refractivity contribution in [2.75, 3.05) is 11.9 Å². The van der Waals surface area contributed by atoms with Gasteiger partial charge >= 0.3 is 5.97 Å². The zero-order valence-electron chi connectivity index (χ0n) is 14.2. The van der Waals surface area contributed by atoms with E-state index in [1.165, 1.54) is 12.1 Å². The van der Waals surface area contributed by atoms with E-state index in [0.717, 1.165) is 6.07 Å². The molecular formula is C19H14ClFN2O4. The van der Waals surface area contributed by atoms with Crippen LogP contribution in [-0.4, -0.2) is 23.5 Å². The van der Waals surface area contributed by atoms with E-state index in [2.05, 4.69) is 10.3 Å². The molecule has 0 unspecified atom stereocenters. The van der Waals surface area contributed by atoms with Gasteiger partial charge in [-0.1, -0.05) is 29.8 Å². The molecule has 0 fully saturated rings. The van der Waals surface area contributed by atoms with Crippen LogP contribution in [0.15, 0.2) is 52.9 Å². The zero-order valence-corrected chi connectivity index (χ0v) is 14.9. The number of benzene rings is 2. The van der Waals surface area contributed by atoms with Crippen molar-refractivity contribution in [1.29, 1.82) is 0 Å². The topological polar surface area (TPSA) is 81.4 Å². The first-order chi connectivity index (χ1) is 12.9. The summed E-state index contributed by atoms with van der Waals surface area (Å²) in [5.41, 5.74) is 0.567. The Morgan fingerprint density at radius 3 is 2.70 bits per heavy atom. The Balaban J connectivity index is 1.63. The Morgan fingerprint density at radius 1 is 1.22 bits per heavy atom. The Morgan fingerprint density at radius 2 is 1.96 bits per heavy atom. The fourth-order valence-corrected chi connectivity index (χ4v) is 2.44. The van der Waals surface area contributed by atoms with E-state index < -0.39 is 24.3 Å². The average molecular weight is 389 g/mol. The van der Waals surface area contributed by atoms with E-state index >= 15 is 0 Å². The standard InChI is InChI=1S/C19H14ClFN2O4/c1-11-17(23-18(27-11)12-5-3-2-4-6-12)19(25)26-10-16(24)22-15-9-13(20)7-8-14(15)21/h2-9H,10H2,1H3,(H,22,24). The molecule has 27 heavy (non-hydrogen) atoms. The average Bonchev–Trinajstić information content (AvgIpc) is 3.05. The summed E-state index contributed by atoms with van der Waals surface area (Å²) in [6.07, 6.45) is 0. The second-order valence-corrected chi connectivity index (χ2v) is 5.97. The normalized spacial score (nSPS) is 10.5. The number of aryl methyl sites for hydroxylation is 1. The molecule has 1 amide bonds. The van der Waals surface area contributed by atoms with Crippen molar-refractivity contribution in [1.82, 2.24) is 4.98 Å². The van der Waals surface area contributed by atoms with Crippen molar-refractivity contribution in [2.45, 2.75) is 6.92 Å². The van der Waals surface area contributed by atoms with Gasteiger partial charge in [-0.3, -0.25) is 4.79 Å². The number of rotatable bonds is 5. The van der Waals surface area contributed by atoms with Gasteiger partial charge in [-0.25, -0.2) is 14.2 Å². The molecule has 0 radical (unpaired) electrons. The maximum absolute atomic E-state index is 13.6. The summed E-state index contributed by atoms with van der Waals surface area (Å²) in [5, 5.41) is 2.54. The highest BCUT2D eigenvalue weighted by molar-refractivity contribution is 6.30. The van der Waals surface area contributed by atoms with Crippen molar-refractivity contribution < 1.29 is 23.1 Å². The van der Waals surface area contributed by atoms with E-state index in [1.807, 2.05) is 18.2 Å². The zero-order chi connectivity index (χ0) is 19.4. The monoisotopic (exact) mass is 388 g/mol. The molecule has 2 aromatic carbocycles. The number of carbonyl (C=O) groups is 2. The van der Waals surface area contributed by atoms with Gasteiger partial charge in [0.15, 0.2) is 12.3 Å². The molecule has 0 aliphatic heterocycles. The van der Waals surface area contributed by atoms with Crippen LogP contribution in [0.3, 0.4) is 0 Å². The molecule has 0 saturated heterocycles. The van der Waals surface area contributed by atoms with E-state index in [4.69, 9.17) is 20.8 Å². The second-order valence-electron chi connectivity index (χ2n) is 5.54. The second kappa shape index (κ2) is 8.01. The Bertz CT molecular complexity index is 989. The van der Waals surface area contributed by atoms with Crippen molar-refractivity contribution >= 4 is 29.2 Å². The number of oxazole rings is 1. The van der Waals surface area contributed by atoms with Crippen LogP contribution in [0.1, 0.15) is 16.2 Å². The minimum atomic E-state index is -0.819. The first-order valence-electron chi connectivity index (χ1n) is 7.89. The first kappa shape index (κ1) is 18.6. The fraction of sp³-hybridized carbons (Fsp3) is 0.105. The van der Waals surface area contributed by atoms with Gasteiger partial charge in [0.05, 0.1) is 5.69 Å². The SMILES string of the molecule is Cc1oc(-c2ccccc2)nc1C(=O)OCC(=O)Nc1cc(Cl)ccc1F. The van der Waals surface area contributed by atoms with E-state index in [9.17, 15) is 14.0 Å². The summed E-state index contributed by atoms with van der Waals surface area (Å²) in [4.78, 5) is 28.2. The Labute approximate surface area is 158 Å². The van der Waals surface area contributed by atoms with Crippen LogP contribution < -0.4 is 5.32 Å². The molecule has 3 aromatic rings. The summed E-state index contributed by atoms with van der Waals surface area (Å²) in [5.74, 6) is -1.65. The summed E-state index contributed by atoms with van der Waals surface area (Å²) >= 11 is 5.76. The molecule has 0 saturated carbocycles. The molecular weight excluding hydrogens is 375 g/mol. The minimum Gasteiger partial charge on any atom is -0.451 e. The van der Waals surface area contributed by atoms with Crippen LogP contribution in [0, 0.1) is 12.7 Å². The lowest BCUT2D eigenvalue weighted by molar-refractivity contribution is -0.119. The van der Waals surface area contributed by atoms with Crippen LogP contribution in [0.5, 0.6) is 0 Å². The number of amides is 1. The van der Waals surface area contributed by atoms with E-state index in [0.29, 0.717) is 5.56 Å². The number of halogens is 2. The van der Waals surface area contributed by atoms with Gasteiger partial charge in [0, 0.05) is 10.6 Å². The first-order valence-corrected chi connectivity index (χ1v) is 8.26. The number of nitrogens with zero attached hydrogens (tertiary/aromatic N) is 1. The molecule has 0 atom stereocenters. The number of hydrogen-bond acceptors (Lipinski definition) is 5. The number of nitrogens with one attached hydrogen (secondary N) is 1. The third kappa shape index (κ3) is 4.51. The van der Waals surface area contributed by atoms with Crippen LogP contribution in [0.25, 0.3) is 11.5 Å².